The number of Topliss-reactive ketones (excluding diaryl/α,β-unsaturated/α-hetero) is 1. The number of nitrogens with zero attached hydrogens (tertiary/aromatic N) is 1. The zero-order valence-corrected chi connectivity index (χ0v) is 16.2. The molecule has 1 saturated heterocycles. The van der Waals surface area contributed by atoms with Crippen LogP contribution in [-0.4, -0.2) is 32.7 Å². The summed E-state index contributed by atoms with van der Waals surface area (Å²) in [7, 11) is 0. The van der Waals surface area contributed by atoms with Gasteiger partial charge in [-0.15, -0.1) is 0 Å². The molecule has 0 bridgehead atoms. The number of carbonyl (C=O) groups excluding carboxylic acids is 2. The molecule has 25 heavy (non-hydrogen) atoms. The highest BCUT2D eigenvalue weighted by molar-refractivity contribution is 8.23. The van der Waals surface area contributed by atoms with E-state index < -0.39 is 0 Å². The minimum atomic E-state index is -0.324. The van der Waals surface area contributed by atoms with E-state index in [-0.39, 0.29) is 29.6 Å². The number of amides is 1. The molecule has 1 aromatic carbocycles. The number of thioether (sulfide) groups is 1. The van der Waals surface area contributed by atoms with Gasteiger partial charge in [0.2, 0.25) is 5.91 Å². The lowest BCUT2D eigenvalue weighted by molar-refractivity contribution is -0.134. The summed E-state index contributed by atoms with van der Waals surface area (Å²) in [5.74, 6) is 0.646. The van der Waals surface area contributed by atoms with Crippen LogP contribution < -0.4 is 0 Å². The van der Waals surface area contributed by atoms with Crippen LogP contribution in [0.1, 0.15) is 37.0 Å². The first-order valence-electron chi connectivity index (χ1n) is 8.74. The van der Waals surface area contributed by atoms with Crippen molar-refractivity contribution in [3.05, 3.63) is 48.0 Å². The van der Waals surface area contributed by atoms with Gasteiger partial charge in [-0.2, -0.15) is 0 Å². The van der Waals surface area contributed by atoms with Crippen LogP contribution in [0.5, 0.6) is 0 Å². The molecular formula is C20H23NO2S2. The Labute approximate surface area is 158 Å². The Kier molecular flexibility index (Phi) is 5.74. The molecule has 2 aliphatic rings. The highest BCUT2D eigenvalue weighted by Gasteiger charge is 2.43. The Bertz CT molecular complexity index is 699. The van der Waals surface area contributed by atoms with E-state index in [0.717, 1.165) is 5.75 Å². The first-order chi connectivity index (χ1) is 12.0. The third-order valence-electron chi connectivity index (χ3n) is 5.06. The smallest absolute Gasteiger partial charge is 0.232 e. The van der Waals surface area contributed by atoms with Crippen molar-refractivity contribution in [2.75, 3.05) is 5.75 Å². The normalized spacial score (nSPS) is 26.3. The van der Waals surface area contributed by atoms with E-state index in [2.05, 4.69) is 13.8 Å². The van der Waals surface area contributed by atoms with Crippen LogP contribution in [0.15, 0.2) is 42.5 Å². The van der Waals surface area contributed by atoms with Crippen LogP contribution >= 0.6 is 24.0 Å². The van der Waals surface area contributed by atoms with Gasteiger partial charge in [-0.3, -0.25) is 14.5 Å². The van der Waals surface area contributed by atoms with E-state index in [4.69, 9.17) is 12.2 Å². The summed E-state index contributed by atoms with van der Waals surface area (Å²) < 4.78 is 0.657. The van der Waals surface area contributed by atoms with Gasteiger partial charge in [-0.25, -0.2) is 0 Å². The van der Waals surface area contributed by atoms with Gasteiger partial charge in [0.25, 0.3) is 0 Å². The van der Waals surface area contributed by atoms with Gasteiger partial charge in [-0.1, -0.05) is 80.3 Å². The summed E-state index contributed by atoms with van der Waals surface area (Å²) in [6.45, 7) is 4.24. The summed E-state index contributed by atoms with van der Waals surface area (Å²) in [5, 5.41) is 0. The van der Waals surface area contributed by atoms with E-state index in [1.807, 2.05) is 42.5 Å². The summed E-state index contributed by atoms with van der Waals surface area (Å²) >= 11 is 7.02. The largest absolute Gasteiger partial charge is 0.294 e. The Morgan fingerprint density at radius 1 is 1.12 bits per heavy atom. The Morgan fingerprint density at radius 3 is 2.40 bits per heavy atom. The van der Waals surface area contributed by atoms with Crippen LogP contribution in [0, 0.1) is 17.8 Å². The second kappa shape index (κ2) is 7.83. The summed E-state index contributed by atoms with van der Waals surface area (Å²) in [5.41, 5.74) is 0.680. The number of hydrogen-bond acceptors (Lipinski definition) is 4. The highest BCUT2D eigenvalue weighted by atomic mass is 32.2. The molecule has 0 aromatic heterocycles. The maximum absolute atomic E-state index is 13.3. The molecule has 3 nitrogen and oxygen atoms in total. The lowest BCUT2D eigenvalue weighted by atomic mass is 9.77. The van der Waals surface area contributed by atoms with Crippen LogP contribution in [-0.2, 0) is 4.79 Å². The first-order valence-corrected chi connectivity index (χ1v) is 10.1. The fourth-order valence-electron chi connectivity index (χ4n) is 3.55. The number of thiocarbonyl (C=S) groups is 1. The van der Waals surface area contributed by atoms with Crippen molar-refractivity contribution in [3.63, 3.8) is 0 Å². The number of allylic oxidation sites excluding steroid dienone is 2. The molecule has 1 heterocycles. The highest BCUT2D eigenvalue weighted by Crippen LogP contribution is 2.36. The van der Waals surface area contributed by atoms with Gasteiger partial charge in [0, 0.05) is 23.3 Å². The van der Waals surface area contributed by atoms with Gasteiger partial charge in [0.15, 0.2) is 5.78 Å². The van der Waals surface area contributed by atoms with Crippen LogP contribution in [0.4, 0.5) is 0 Å². The molecule has 1 amide bonds. The average molecular weight is 374 g/mol. The molecule has 1 aliphatic carbocycles. The zero-order valence-electron chi connectivity index (χ0n) is 14.6. The molecule has 5 heteroatoms. The predicted molar refractivity (Wildman–Crippen MR) is 107 cm³/mol. The quantitative estimate of drug-likeness (QED) is 0.447. The maximum atomic E-state index is 13.3. The molecule has 3 rings (SSSR count). The molecule has 0 saturated carbocycles. The minimum absolute atomic E-state index is 0.0207. The lowest BCUT2D eigenvalue weighted by Crippen LogP contribution is -2.47. The van der Waals surface area contributed by atoms with Gasteiger partial charge in [-0.05, 0) is 18.8 Å². The van der Waals surface area contributed by atoms with Gasteiger partial charge >= 0.3 is 0 Å². The molecule has 1 fully saturated rings. The zero-order chi connectivity index (χ0) is 18.0. The number of rotatable bonds is 4. The topological polar surface area (TPSA) is 37.4 Å². The lowest BCUT2D eigenvalue weighted by Gasteiger charge is -2.33. The van der Waals surface area contributed by atoms with Crippen molar-refractivity contribution in [1.29, 1.82) is 0 Å². The Morgan fingerprint density at radius 2 is 1.76 bits per heavy atom. The second-order valence-electron chi connectivity index (χ2n) is 6.98. The molecule has 132 valence electrons. The van der Waals surface area contributed by atoms with E-state index in [0.29, 0.717) is 28.6 Å². The molecule has 1 aliphatic heterocycles. The third kappa shape index (κ3) is 3.72. The molecule has 0 radical (unpaired) electrons. The Balaban J connectivity index is 1.86. The predicted octanol–water partition coefficient (Wildman–Crippen LogP) is 4.34. The number of hydrogen-bond donors (Lipinski definition) is 0. The second-order valence-corrected chi connectivity index (χ2v) is 8.64. The monoisotopic (exact) mass is 373 g/mol. The third-order valence-corrected chi connectivity index (χ3v) is 6.56. The molecule has 0 unspecified atom stereocenters. The number of ketones is 1. The van der Waals surface area contributed by atoms with Crippen molar-refractivity contribution in [3.8, 4) is 0 Å². The van der Waals surface area contributed by atoms with Crippen LogP contribution in [0.25, 0.3) is 0 Å². The van der Waals surface area contributed by atoms with Crippen LogP contribution in [0.2, 0.25) is 0 Å². The number of carbonyl (C=O) groups is 2. The van der Waals surface area contributed by atoms with Crippen molar-refractivity contribution < 1.29 is 9.59 Å². The van der Waals surface area contributed by atoms with Crippen LogP contribution in [0.3, 0.4) is 0 Å². The summed E-state index contributed by atoms with van der Waals surface area (Å²) in [6.07, 6.45) is 5.27. The Hall–Kier alpha value is -1.46. The summed E-state index contributed by atoms with van der Waals surface area (Å²) in [6, 6.07) is 9.41. The van der Waals surface area contributed by atoms with Gasteiger partial charge in [0.1, 0.15) is 4.32 Å². The van der Waals surface area contributed by atoms with E-state index >= 15 is 0 Å². The molecule has 0 spiro atoms. The van der Waals surface area contributed by atoms with Crippen molar-refractivity contribution in [2.45, 2.75) is 32.7 Å². The standard InChI is InChI=1S/C20H23NO2S2/c1-13(2)17-12-25-20(24)21(17)19(23)16-11-7-6-10-15(16)18(22)14-8-4-3-5-9-14/h3-9,13,15-17H,10-12H2,1-2H3/t15-,16+,17-/m1/s1. The fraction of sp³-hybridized carbons (Fsp3) is 0.450. The average Bonchev–Trinajstić information content (AvgIpc) is 3.03. The van der Waals surface area contributed by atoms with Crippen molar-refractivity contribution in [2.24, 2.45) is 17.8 Å². The van der Waals surface area contributed by atoms with Crippen molar-refractivity contribution in [1.82, 2.24) is 4.90 Å². The van der Waals surface area contributed by atoms with E-state index in [1.165, 1.54) is 0 Å². The maximum Gasteiger partial charge on any atom is 0.232 e. The fourth-order valence-corrected chi connectivity index (χ4v) is 5.19. The first kappa shape index (κ1) is 18.3. The van der Waals surface area contributed by atoms with E-state index in [1.54, 1.807) is 16.7 Å². The molecule has 0 N–H and O–H groups in total. The molecule has 3 atom stereocenters. The summed E-state index contributed by atoms with van der Waals surface area (Å²) in [4.78, 5) is 28.1. The molecule has 1 aromatic rings. The SMILES string of the molecule is CC(C)[C@H]1CSC(=S)N1C(=O)[C@H]1CC=CC[C@H]1C(=O)c1ccccc1. The minimum Gasteiger partial charge on any atom is -0.294 e. The molecular weight excluding hydrogens is 350 g/mol. The van der Waals surface area contributed by atoms with Gasteiger partial charge in [0.05, 0.1) is 5.92 Å². The van der Waals surface area contributed by atoms with Gasteiger partial charge < -0.3 is 0 Å². The van der Waals surface area contributed by atoms with Crippen molar-refractivity contribution >= 4 is 40.0 Å². The number of benzene rings is 1. The van der Waals surface area contributed by atoms with E-state index in [9.17, 15) is 9.59 Å².